The molecule has 0 saturated heterocycles. The van der Waals surface area contributed by atoms with Gasteiger partial charge in [0.2, 0.25) is 5.91 Å². The van der Waals surface area contributed by atoms with E-state index in [1.54, 1.807) is 6.33 Å². The molecule has 0 unspecified atom stereocenters. The Hall–Kier alpha value is -3.15. The highest BCUT2D eigenvalue weighted by atomic mass is 16.2. The van der Waals surface area contributed by atoms with Crippen molar-refractivity contribution < 1.29 is 4.79 Å². The van der Waals surface area contributed by atoms with E-state index >= 15 is 0 Å². The molecule has 0 spiro atoms. The fraction of sp³-hybridized carbons (Fsp3) is 0.250. The Balaban J connectivity index is 1.41. The average molecular weight is 347 g/mol. The smallest absolute Gasteiger partial charge is 0.242 e. The number of para-hydroxylation sites is 3. The zero-order valence-electron chi connectivity index (χ0n) is 14.9. The summed E-state index contributed by atoms with van der Waals surface area (Å²) < 4.78 is 1.90. The van der Waals surface area contributed by atoms with Gasteiger partial charge in [-0.1, -0.05) is 24.3 Å². The van der Waals surface area contributed by atoms with Crippen LogP contribution in [-0.2, 0) is 11.2 Å². The second-order valence-electron chi connectivity index (χ2n) is 6.51. The molecule has 4 rings (SSSR count). The maximum Gasteiger partial charge on any atom is 0.242 e. The number of fused-ring (bicyclic) bond motifs is 2. The molecular weight excluding hydrogens is 326 g/mol. The lowest BCUT2D eigenvalue weighted by Crippen LogP contribution is -2.32. The lowest BCUT2D eigenvalue weighted by atomic mass is 10.2. The molecule has 132 valence electrons. The molecule has 6 heteroatoms. The quantitative estimate of drug-likeness (QED) is 0.582. The van der Waals surface area contributed by atoms with Crippen molar-refractivity contribution in [3.63, 3.8) is 0 Å². The number of rotatable bonds is 5. The Morgan fingerprint density at radius 1 is 1.23 bits per heavy atom. The van der Waals surface area contributed by atoms with Crippen LogP contribution in [0.4, 0.5) is 0 Å². The van der Waals surface area contributed by atoms with Crippen molar-refractivity contribution in [3.8, 4) is 0 Å². The molecule has 0 radical (unpaired) electrons. The molecule has 0 fully saturated rings. The summed E-state index contributed by atoms with van der Waals surface area (Å²) in [6.45, 7) is 4.47. The molecule has 1 atom stereocenters. The minimum absolute atomic E-state index is 0.0274. The predicted molar refractivity (Wildman–Crippen MR) is 102 cm³/mol. The van der Waals surface area contributed by atoms with Gasteiger partial charge in [0.15, 0.2) is 0 Å². The average Bonchev–Trinajstić information content (AvgIpc) is 3.25. The van der Waals surface area contributed by atoms with Crippen molar-refractivity contribution >= 4 is 28.0 Å². The van der Waals surface area contributed by atoms with Crippen LogP contribution in [-0.4, -0.2) is 32.0 Å². The van der Waals surface area contributed by atoms with E-state index in [1.807, 2.05) is 60.9 Å². The van der Waals surface area contributed by atoms with Crippen LogP contribution in [0.25, 0.3) is 22.1 Å². The van der Waals surface area contributed by atoms with Crippen molar-refractivity contribution in [2.75, 3.05) is 6.54 Å². The van der Waals surface area contributed by atoms with Crippen LogP contribution in [0, 0.1) is 6.92 Å². The van der Waals surface area contributed by atoms with Gasteiger partial charge in [-0.3, -0.25) is 4.79 Å². The summed E-state index contributed by atoms with van der Waals surface area (Å²) in [4.78, 5) is 24.8. The Labute approximate surface area is 151 Å². The van der Waals surface area contributed by atoms with E-state index in [0.29, 0.717) is 13.0 Å². The number of aromatic nitrogens is 4. The molecule has 2 aromatic heterocycles. The molecule has 2 N–H and O–H groups in total. The van der Waals surface area contributed by atoms with E-state index in [4.69, 9.17) is 0 Å². The zero-order chi connectivity index (χ0) is 18.1. The Bertz CT molecular complexity index is 1080. The van der Waals surface area contributed by atoms with E-state index in [9.17, 15) is 4.79 Å². The monoisotopic (exact) mass is 347 g/mol. The second-order valence-corrected chi connectivity index (χ2v) is 6.51. The molecule has 1 amide bonds. The van der Waals surface area contributed by atoms with Crippen LogP contribution >= 0.6 is 0 Å². The second kappa shape index (κ2) is 6.63. The Morgan fingerprint density at radius 2 is 2.08 bits per heavy atom. The molecule has 0 aliphatic rings. The number of aromatic amines is 1. The van der Waals surface area contributed by atoms with Crippen LogP contribution < -0.4 is 5.32 Å². The summed E-state index contributed by atoms with van der Waals surface area (Å²) in [5.41, 5.74) is 5.03. The molecular formula is C20H21N5O. The van der Waals surface area contributed by atoms with Crippen molar-refractivity contribution in [1.29, 1.82) is 0 Å². The van der Waals surface area contributed by atoms with Gasteiger partial charge in [-0.2, -0.15) is 0 Å². The summed E-state index contributed by atoms with van der Waals surface area (Å²) in [5, 5.41) is 3.00. The van der Waals surface area contributed by atoms with E-state index < -0.39 is 0 Å². The topological polar surface area (TPSA) is 75.6 Å². The van der Waals surface area contributed by atoms with E-state index in [2.05, 4.69) is 20.3 Å². The van der Waals surface area contributed by atoms with Crippen LogP contribution in [0.1, 0.15) is 24.4 Å². The van der Waals surface area contributed by atoms with Crippen molar-refractivity contribution in [1.82, 2.24) is 24.8 Å². The highest BCUT2D eigenvalue weighted by Crippen LogP contribution is 2.18. The number of carbonyl (C=O) groups is 1. The number of aryl methyl sites for hydroxylation is 1. The van der Waals surface area contributed by atoms with Crippen LogP contribution in [0.2, 0.25) is 0 Å². The molecule has 26 heavy (non-hydrogen) atoms. The number of nitrogens with zero attached hydrogens (tertiary/aromatic N) is 3. The van der Waals surface area contributed by atoms with E-state index in [0.717, 1.165) is 33.5 Å². The van der Waals surface area contributed by atoms with Crippen LogP contribution in [0.15, 0.2) is 48.8 Å². The number of amides is 1. The van der Waals surface area contributed by atoms with E-state index in [1.165, 1.54) is 0 Å². The molecule has 0 saturated carbocycles. The first-order chi connectivity index (χ1) is 12.6. The van der Waals surface area contributed by atoms with Gasteiger partial charge < -0.3 is 14.9 Å². The van der Waals surface area contributed by atoms with E-state index in [-0.39, 0.29) is 11.9 Å². The maximum atomic E-state index is 12.5. The minimum Gasteiger partial charge on any atom is -0.354 e. The van der Waals surface area contributed by atoms with Gasteiger partial charge in [0, 0.05) is 13.0 Å². The summed E-state index contributed by atoms with van der Waals surface area (Å²) in [7, 11) is 0. The maximum absolute atomic E-state index is 12.5. The number of H-pyrrole nitrogens is 1. The third-order valence-corrected chi connectivity index (χ3v) is 4.70. The lowest BCUT2D eigenvalue weighted by Gasteiger charge is -2.14. The van der Waals surface area contributed by atoms with Gasteiger partial charge in [0.25, 0.3) is 0 Å². The van der Waals surface area contributed by atoms with Crippen molar-refractivity contribution in [2.45, 2.75) is 26.3 Å². The predicted octanol–water partition coefficient (Wildman–Crippen LogP) is 3.14. The van der Waals surface area contributed by atoms with Gasteiger partial charge in [-0.05, 0) is 37.6 Å². The fourth-order valence-corrected chi connectivity index (χ4v) is 3.21. The molecule has 0 aliphatic carbocycles. The number of benzene rings is 2. The lowest BCUT2D eigenvalue weighted by molar-refractivity contribution is -0.123. The fourth-order valence-electron chi connectivity index (χ4n) is 3.21. The standard InChI is InChI=1S/C20H21N5O/c1-13-6-5-8-16-19(13)24-18(23-16)10-11-21-20(26)14(2)25-12-22-15-7-3-4-9-17(15)25/h3-9,12,14H,10-11H2,1-2H3,(H,21,26)(H,23,24)/t14-/m1/s1. The molecule has 0 bridgehead atoms. The summed E-state index contributed by atoms with van der Waals surface area (Å²) >= 11 is 0. The van der Waals surface area contributed by atoms with Crippen LogP contribution in [0.3, 0.4) is 0 Å². The van der Waals surface area contributed by atoms with Gasteiger partial charge in [0.1, 0.15) is 11.9 Å². The number of carbonyl (C=O) groups excluding carboxylic acids is 1. The zero-order valence-corrected chi connectivity index (χ0v) is 14.9. The van der Waals surface area contributed by atoms with Crippen molar-refractivity contribution in [2.24, 2.45) is 0 Å². The molecule has 2 heterocycles. The third-order valence-electron chi connectivity index (χ3n) is 4.70. The number of hydrogen-bond acceptors (Lipinski definition) is 3. The SMILES string of the molecule is Cc1cccc2[nH]c(CCNC(=O)[C@@H](C)n3cnc4ccccc43)nc12. The summed E-state index contributed by atoms with van der Waals surface area (Å²) in [6.07, 6.45) is 2.38. The highest BCUT2D eigenvalue weighted by Gasteiger charge is 2.16. The first-order valence-electron chi connectivity index (χ1n) is 8.77. The molecule has 0 aliphatic heterocycles. The summed E-state index contributed by atoms with van der Waals surface area (Å²) in [5.74, 6) is 0.857. The normalized spacial score (nSPS) is 12.5. The first kappa shape index (κ1) is 16.3. The Kier molecular flexibility index (Phi) is 4.16. The first-order valence-corrected chi connectivity index (χ1v) is 8.77. The summed E-state index contributed by atoms with van der Waals surface area (Å²) in [6, 6.07) is 13.6. The van der Waals surface area contributed by atoms with Gasteiger partial charge in [-0.15, -0.1) is 0 Å². The number of nitrogens with one attached hydrogen (secondary N) is 2. The Morgan fingerprint density at radius 3 is 2.92 bits per heavy atom. The molecule has 6 nitrogen and oxygen atoms in total. The number of imidazole rings is 2. The van der Waals surface area contributed by atoms with Crippen LogP contribution in [0.5, 0.6) is 0 Å². The molecule has 2 aromatic carbocycles. The molecule has 4 aromatic rings. The third kappa shape index (κ3) is 2.94. The minimum atomic E-state index is -0.319. The highest BCUT2D eigenvalue weighted by molar-refractivity contribution is 5.83. The van der Waals surface area contributed by atoms with Crippen molar-refractivity contribution in [3.05, 3.63) is 60.2 Å². The van der Waals surface area contributed by atoms with Gasteiger partial charge >= 0.3 is 0 Å². The van der Waals surface area contributed by atoms with Gasteiger partial charge in [0.05, 0.1) is 28.4 Å². The largest absolute Gasteiger partial charge is 0.354 e. The van der Waals surface area contributed by atoms with Gasteiger partial charge in [-0.25, -0.2) is 9.97 Å². The number of hydrogen-bond donors (Lipinski definition) is 2.